The van der Waals surface area contributed by atoms with Gasteiger partial charge in [-0.2, -0.15) is 0 Å². The van der Waals surface area contributed by atoms with Crippen molar-refractivity contribution in [2.45, 2.75) is 32.2 Å². The summed E-state index contributed by atoms with van der Waals surface area (Å²) in [5.74, 6) is 1.88. The van der Waals surface area contributed by atoms with Crippen molar-refractivity contribution < 1.29 is 9.47 Å². The third-order valence-electron chi connectivity index (χ3n) is 3.20. The van der Waals surface area contributed by atoms with E-state index in [-0.39, 0.29) is 0 Å². The zero-order valence-corrected chi connectivity index (χ0v) is 10.7. The average Bonchev–Trinajstić information content (AvgIpc) is 2.40. The largest absolute Gasteiger partial charge is 0.496 e. The zero-order valence-electron chi connectivity index (χ0n) is 10.7. The Labute approximate surface area is 103 Å². The Morgan fingerprint density at radius 2 is 2.12 bits per heavy atom. The first-order valence-corrected chi connectivity index (χ1v) is 6.40. The van der Waals surface area contributed by atoms with Crippen molar-refractivity contribution in [2.75, 3.05) is 20.3 Å². The van der Waals surface area contributed by atoms with E-state index in [0.29, 0.717) is 12.6 Å². The fourth-order valence-electron chi connectivity index (χ4n) is 2.42. The van der Waals surface area contributed by atoms with E-state index >= 15 is 0 Å². The van der Waals surface area contributed by atoms with Crippen LogP contribution in [0, 0.1) is 0 Å². The van der Waals surface area contributed by atoms with E-state index in [2.05, 4.69) is 5.32 Å². The highest BCUT2D eigenvalue weighted by Crippen LogP contribution is 2.37. The van der Waals surface area contributed by atoms with Crippen LogP contribution in [0.2, 0.25) is 0 Å². The third-order valence-corrected chi connectivity index (χ3v) is 3.20. The summed E-state index contributed by atoms with van der Waals surface area (Å²) >= 11 is 0. The molecule has 0 spiro atoms. The fraction of sp³-hybridized carbons (Fsp3) is 0.571. The first-order valence-electron chi connectivity index (χ1n) is 6.40. The Morgan fingerprint density at radius 1 is 1.29 bits per heavy atom. The first-order chi connectivity index (χ1) is 8.36. The lowest BCUT2D eigenvalue weighted by Crippen LogP contribution is -2.27. The van der Waals surface area contributed by atoms with Gasteiger partial charge in [-0.15, -0.1) is 0 Å². The van der Waals surface area contributed by atoms with Crippen LogP contribution in [0.1, 0.15) is 37.8 Å². The molecule has 1 heterocycles. The van der Waals surface area contributed by atoms with E-state index in [1.165, 1.54) is 18.4 Å². The Balaban J connectivity index is 2.32. The highest BCUT2D eigenvalue weighted by Gasteiger charge is 2.22. The minimum Gasteiger partial charge on any atom is -0.496 e. The lowest BCUT2D eigenvalue weighted by molar-refractivity contribution is 0.314. The number of hydrogen-bond acceptors (Lipinski definition) is 3. The molecule has 1 aromatic rings. The summed E-state index contributed by atoms with van der Waals surface area (Å²) in [4.78, 5) is 0. The summed E-state index contributed by atoms with van der Waals surface area (Å²) < 4.78 is 11.2. The fourth-order valence-corrected chi connectivity index (χ4v) is 2.42. The molecule has 0 amide bonds. The van der Waals surface area contributed by atoms with Crippen LogP contribution in [0.5, 0.6) is 11.5 Å². The van der Waals surface area contributed by atoms with E-state index in [4.69, 9.17) is 9.47 Å². The van der Waals surface area contributed by atoms with E-state index in [1.54, 1.807) is 7.11 Å². The van der Waals surface area contributed by atoms with E-state index < -0.39 is 0 Å². The molecule has 1 unspecified atom stereocenters. The molecular weight excluding hydrogens is 214 g/mol. The molecule has 3 nitrogen and oxygen atoms in total. The van der Waals surface area contributed by atoms with Crippen LogP contribution >= 0.6 is 0 Å². The van der Waals surface area contributed by atoms with Crippen LogP contribution in [0.15, 0.2) is 18.2 Å². The average molecular weight is 235 g/mol. The number of piperidine rings is 1. The molecule has 94 valence electrons. The molecule has 1 fully saturated rings. The predicted octanol–water partition coefficient (Wildman–Crippen LogP) is 2.91. The van der Waals surface area contributed by atoms with Crippen LogP contribution in [0.25, 0.3) is 0 Å². The highest BCUT2D eigenvalue weighted by molar-refractivity contribution is 5.47. The molecule has 0 radical (unpaired) electrons. The zero-order chi connectivity index (χ0) is 12.1. The first kappa shape index (κ1) is 12.2. The SMILES string of the molecule is CCOc1cccc(OC)c1C1CCCCN1. The molecule has 0 saturated carbocycles. The van der Waals surface area contributed by atoms with Gasteiger partial charge < -0.3 is 14.8 Å². The van der Waals surface area contributed by atoms with Gasteiger partial charge in [0.25, 0.3) is 0 Å². The van der Waals surface area contributed by atoms with Gasteiger partial charge in [0.05, 0.1) is 19.3 Å². The molecule has 0 bridgehead atoms. The molecule has 1 atom stereocenters. The van der Waals surface area contributed by atoms with Gasteiger partial charge in [-0.1, -0.05) is 12.5 Å². The normalized spacial score (nSPS) is 20.0. The van der Waals surface area contributed by atoms with Crippen molar-refractivity contribution >= 4 is 0 Å². The summed E-state index contributed by atoms with van der Waals surface area (Å²) in [5, 5.41) is 3.55. The van der Waals surface area contributed by atoms with Crippen molar-refractivity contribution in [3.63, 3.8) is 0 Å². The summed E-state index contributed by atoms with van der Waals surface area (Å²) in [6, 6.07) is 6.38. The standard InChI is InChI=1S/C14H21NO2/c1-3-17-13-9-6-8-12(16-2)14(13)11-7-4-5-10-15-11/h6,8-9,11,15H,3-5,7,10H2,1-2H3. The Kier molecular flexibility index (Phi) is 4.26. The molecule has 1 aliphatic rings. The van der Waals surface area contributed by atoms with Crippen molar-refractivity contribution in [2.24, 2.45) is 0 Å². The molecule has 2 rings (SSSR count). The van der Waals surface area contributed by atoms with Crippen LogP contribution in [-0.4, -0.2) is 20.3 Å². The molecule has 17 heavy (non-hydrogen) atoms. The second kappa shape index (κ2) is 5.92. The Hall–Kier alpha value is -1.22. The second-order valence-electron chi connectivity index (χ2n) is 4.31. The Morgan fingerprint density at radius 3 is 2.76 bits per heavy atom. The predicted molar refractivity (Wildman–Crippen MR) is 68.8 cm³/mol. The van der Waals surface area contributed by atoms with Crippen LogP contribution in [0.3, 0.4) is 0 Å². The molecule has 1 aliphatic heterocycles. The lowest BCUT2D eigenvalue weighted by Gasteiger charge is -2.27. The van der Waals surface area contributed by atoms with Gasteiger partial charge in [0.2, 0.25) is 0 Å². The summed E-state index contributed by atoms with van der Waals surface area (Å²) in [5.41, 5.74) is 1.18. The summed E-state index contributed by atoms with van der Waals surface area (Å²) in [6.45, 7) is 3.78. The lowest BCUT2D eigenvalue weighted by atomic mass is 9.96. The molecular formula is C14H21NO2. The second-order valence-corrected chi connectivity index (χ2v) is 4.31. The molecule has 1 saturated heterocycles. The van der Waals surface area contributed by atoms with Crippen molar-refractivity contribution in [3.8, 4) is 11.5 Å². The summed E-state index contributed by atoms with van der Waals surface area (Å²) in [6.07, 6.45) is 3.68. The van der Waals surface area contributed by atoms with Crippen LogP contribution < -0.4 is 14.8 Å². The number of methoxy groups -OCH3 is 1. The molecule has 0 aromatic heterocycles. The van der Waals surface area contributed by atoms with E-state index in [1.807, 2.05) is 25.1 Å². The van der Waals surface area contributed by atoms with Crippen LogP contribution in [-0.2, 0) is 0 Å². The van der Waals surface area contributed by atoms with Gasteiger partial charge in [-0.25, -0.2) is 0 Å². The third kappa shape index (κ3) is 2.72. The number of benzene rings is 1. The van der Waals surface area contributed by atoms with Crippen molar-refractivity contribution in [1.29, 1.82) is 0 Å². The van der Waals surface area contributed by atoms with Gasteiger partial charge >= 0.3 is 0 Å². The number of rotatable bonds is 4. The van der Waals surface area contributed by atoms with Crippen molar-refractivity contribution in [3.05, 3.63) is 23.8 Å². The maximum absolute atomic E-state index is 5.71. The highest BCUT2D eigenvalue weighted by atomic mass is 16.5. The van der Waals surface area contributed by atoms with E-state index in [0.717, 1.165) is 24.5 Å². The topological polar surface area (TPSA) is 30.5 Å². The van der Waals surface area contributed by atoms with E-state index in [9.17, 15) is 0 Å². The molecule has 0 aliphatic carbocycles. The maximum atomic E-state index is 5.71. The van der Waals surface area contributed by atoms with Gasteiger partial charge in [0.15, 0.2) is 0 Å². The monoisotopic (exact) mass is 235 g/mol. The number of hydrogen-bond donors (Lipinski definition) is 1. The number of nitrogens with one attached hydrogen (secondary N) is 1. The van der Waals surface area contributed by atoms with Crippen molar-refractivity contribution in [1.82, 2.24) is 5.32 Å². The minimum atomic E-state index is 0.362. The van der Waals surface area contributed by atoms with Crippen LogP contribution in [0.4, 0.5) is 0 Å². The molecule has 1 aromatic carbocycles. The van der Waals surface area contributed by atoms with Gasteiger partial charge in [0.1, 0.15) is 11.5 Å². The van der Waals surface area contributed by atoms with Gasteiger partial charge in [-0.05, 0) is 38.4 Å². The maximum Gasteiger partial charge on any atom is 0.127 e. The Bertz CT molecular complexity index is 359. The minimum absolute atomic E-state index is 0.362. The number of ether oxygens (including phenoxy) is 2. The quantitative estimate of drug-likeness (QED) is 0.870. The summed E-state index contributed by atoms with van der Waals surface area (Å²) in [7, 11) is 1.72. The van der Waals surface area contributed by atoms with Gasteiger partial charge in [-0.3, -0.25) is 0 Å². The smallest absolute Gasteiger partial charge is 0.127 e. The molecule has 3 heteroatoms. The van der Waals surface area contributed by atoms with Gasteiger partial charge in [0, 0.05) is 6.04 Å². The molecule has 1 N–H and O–H groups in total.